The molecule has 0 saturated heterocycles. The van der Waals surface area contributed by atoms with Crippen molar-refractivity contribution in [1.82, 2.24) is 14.5 Å². The molecular formula is C13H8BrClFN3S. The van der Waals surface area contributed by atoms with Crippen molar-refractivity contribution in [1.29, 1.82) is 0 Å². The fourth-order valence-corrected chi connectivity index (χ4v) is 3.38. The van der Waals surface area contributed by atoms with Gasteiger partial charge in [0.1, 0.15) is 5.82 Å². The number of benzene rings is 1. The van der Waals surface area contributed by atoms with Crippen LogP contribution in [0.15, 0.2) is 28.9 Å². The molecule has 20 heavy (non-hydrogen) atoms. The number of H-pyrrole nitrogens is 1. The molecule has 0 radical (unpaired) electrons. The highest BCUT2D eigenvalue weighted by atomic mass is 79.9. The van der Waals surface area contributed by atoms with Gasteiger partial charge in [-0.3, -0.25) is 4.57 Å². The summed E-state index contributed by atoms with van der Waals surface area (Å²) < 4.78 is 16.0. The quantitative estimate of drug-likeness (QED) is 0.613. The third kappa shape index (κ3) is 2.08. The highest BCUT2D eigenvalue weighted by Gasteiger charge is 2.16. The Bertz CT molecular complexity index is 864. The lowest BCUT2D eigenvalue weighted by atomic mass is 10.2. The van der Waals surface area contributed by atoms with Gasteiger partial charge in [-0.25, -0.2) is 9.37 Å². The molecular weight excluding hydrogens is 365 g/mol. The minimum atomic E-state index is -0.416. The lowest BCUT2D eigenvalue weighted by Crippen LogP contribution is -1.99. The third-order valence-electron chi connectivity index (χ3n) is 2.99. The number of fused-ring (bicyclic) bond motifs is 1. The zero-order valence-electron chi connectivity index (χ0n) is 10.2. The molecule has 0 aliphatic rings. The number of aromatic nitrogens is 3. The number of aryl methyl sites for hydroxylation is 1. The first kappa shape index (κ1) is 13.7. The van der Waals surface area contributed by atoms with Crippen LogP contribution >= 0.6 is 39.7 Å². The Hall–Kier alpha value is -1.24. The second kappa shape index (κ2) is 4.95. The number of aromatic amines is 1. The van der Waals surface area contributed by atoms with Gasteiger partial charge in [-0.2, -0.15) is 0 Å². The molecule has 0 aliphatic heterocycles. The van der Waals surface area contributed by atoms with Crippen LogP contribution in [0.2, 0.25) is 5.02 Å². The summed E-state index contributed by atoms with van der Waals surface area (Å²) in [5, 5.41) is 0.261. The van der Waals surface area contributed by atoms with Gasteiger partial charge in [0.15, 0.2) is 10.4 Å². The summed E-state index contributed by atoms with van der Waals surface area (Å²) in [6, 6.07) is 4.48. The third-order valence-corrected chi connectivity index (χ3v) is 4.17. The van der Waals surface area contributed by atoms with Crippen molar-refractivity contribution in [3.05, 3.63) is 50.0 Å². The predicted molar refractivity (Wildman–Crippen MR) is 83.7 cm³/mol. The summed E-state index contributed by atoms with van der Waals surface area (Å²) in [4.78, 5) is 7.44. The van der Waals surface area contributed by atoms with Crippen LogP contribution in [0.4, 0.5) is 4.39 Å². The monoisotopic (exact) mass is 371 g/mol. The van der Waals surface area contributed by atoms with E-state index in [1.54, 1.807) is 10.8 Å². The topological polar surface area (TPSA) is 33.6 Å². The number of nitrogens with one attached hydrogen (secondary N) is 1. The molecule has 1 aromatic carbocycles. The largest absolute Gasteiger partial charge is 0.329 e. The number of pyridine rings is 1. The minimum Gasteiger partial charge on any atom is -0.329 e. The van der Waals surface area contributed by atoms with Crippen molar-refractivity contribution in [2.24, 2.45) is 0 Å². The van der Waals surface area contributed by atoms with Crippen molar-refractivity contribution in [2.45, 2.75) is 6.92 Å². The molecule has 102 valence electrons. The number of rotatable bonds is 1. The molecule has 0 fully saturated rings. The van der Waals surface area contributed by atoms with Gasteiger partial charge in [-0.15, -0.1) is 0 Å². The fourth-order valence-electron chi connectivity index (χ4n) is 2.08. The maximum absolute atomic E-state index is 13.4. The Balaban J connectivity index is 2.45. The molecule has 0 spiro atoms. The molecule has 3 aromatic rings. The standard InChI is InChI=1S/C13H8BrClFN3S/c1-6-2-3-17-12-10(6)18-13(20)19(12)11-8(14)4-7(16)5-9(11)15/h2-5H,1H3,(H,18,20). The van der Waals surface area contributed by atoms with Crippen LogP contribution < -0.4 is 0 Å². The van der Waals surface area contributed by atoms with Gasteiger partial charge >= 0.3 is 0 Å². The van der Waals surface area contributed by atoms with Crippen molar-refractivity contribution in [3.8, 4) is 5.69 Å². The lowest BCUT2D eigenvalue weighted by Gasteiger charge is -2.09. The predicted octanol–water partition coefficient (Wildman–Crippen LogP) is 4.95. The van der Waals surface area contributed by atoms with Crippen LogP contribution in [0.1, 0.15) is 5.56 Å². The van der Waals surface area contributed by atoms with Crippen molar-refractivity contribution >= 4 is 50.9 Å². The second-order valence-electron chi connectivity index (χ2n) is 4.31. The summed E-state index contributed by atoms with van der Waals surface area (Å²) in [5.41, 5.74) is 3.09. The van der Waals surface area contributed by atoms with Crippen LogP contribution in [0.5, 0.6) is 0 Å². The second-order valence-corrected chi connectivity index (χ2v) is 5.96. The van der Waals surface area contributed by atoms with Gasteiger partial charge in [0.2, 0.25) is 0 Å². The Morgan fingerprint density at radius 1 is 1.45 bits per heavy atom. The summed E-state index contributed by atoms with van der Waals surface area (Å²) in [7, 11) is 0. The van der Waals surface area contributed by atoms with Crippen LogP contribution in [0, 0.1) is 17.5 Å². The van der Waals surface area contributed by atoms with Gasteiger partial charge in [-0.1, -0.05) is 11.6 Å². The molecule has 2 aromatic heterocycles. The first-order valence-corrected chi connectivity index (χ1v) is 7.28. The molecule has 0 saturated carbocycles. The van der Waals surface area contributed by atoms with Gasteiger partial charge in [0.25, 0.3) is 0 Å². The van der Waals surface area contributed by atoms with Gasteiger partial charge in [-0.05, 0) is 58.8 Å². The normalized spacial score (nSPS) is 11.2. The van der Waals surface area contributed by atoms with E-state index in [2.05, 4.69) is 25.9 Å². The zero-order valence-corrected chi connectivity index (χ0v) is 13.4. The number of hydrogen-bond acceptors (Lipinski definition) is 2. The average molecular weight is 373 g/mol. The maximum Gasteiger partial charge on any atom is 0.184 e. The van der Waals surface area contributed by atoms with E-state index in [9.17, 15) is 4.39 Å². The minimum absolute atomic E-state index is 0.261. The maximum atomic E-state index is 13.4. The Morgan fingerprint density at radius 3 is 2.90 bits per heavy atom. The molecule has 1 N–H and O–H groups in total. The van der Waals surface area contributed by atoms with Gasteiger partial charge < -0.3 is 4.98 Å². The average Bonchev–Trinajstić information content (AvgIpc) is 2.67. The van der Waals surface area contributed by atoms with Crippen LogP contribution in [-0.4, -0.2) is 14.5 Å². The molecule has 7 heteroatoms. The van der Waals surface area contributed by atoms with Crippen LogP contribution in [-0.2, 0) is 0 Å². The van der Waals surface area contributed by atoms with E-state index in [4.69, 9.17) is 23.8 Å². The summed E-state index contributed by atoms with van der Waals surface area (Å²) in [6.45, 7) is 1.96. The van der Waals surface area contributed by atoms with Crippen LogP contribution in [0.3, 0.4) is 0 Å². The molecule has 2 heterocycles. The molecule has 3 rings (SSSR count). The highest BCUT2D eigenvalue weighted by molar-refractivity contribution is 9.10. The van der Waals surface area contributed by atoms with Crippen LogP contribution in [0.25, 0.3) is 16.9 Å². The lowest BCUT2D eigenvalue weighted by molar-refractivity contribution is 0.626. The first-order chi connectivity index (χ1) is 9.49. The fraction of sp³-hybridized carbons (Fsp3) is 0.0769. The van der Waals surface area contributed by atoms with E-state index in [0.29, 0.717) is 20.6 Å². The van der Waals surface area contributed by atoms with E-state index < -0.39 is 5.82 Å². The van der Waals surface area contributed by atoms with E-state index in [1.807, 2.05) is 13.0 Å². The number of nitrogens with zero attached hydrogens (tertiary/aromatic N) is 2. The van der Waals surface area contributed by atoms with E-state index in [1.165, 1.54) is 12.1 Å². The Kier molecular flexibility index (Phi) is 3.40. The number of hydrogen-bond donors (Lipinski definition) is 1. The van der Waals surface area contributed by atoms with Gasteiger partial charge in [0, 0.05) is 10.7 Å². The molecule has 0 amide bonds. The Labute approximate surface area is 132 Å². The summed E-state index contributed by atoms with van der Waals surface area (Å²) >= 11 is 14.8. The smallest absolute Gasteiger partial charge is 0.184 e. The highest BCUT2D eigenvalue weighted by Crippen LogP contribution is 2.32. The molecule has 0 unspecified atom stereocenters. The van der Waals surface area contributed by atoms with Gasteiger partial charge in [0.05, 0.1) is 16.2 Å². The zero-order chi connectivity index (χ0) is 14.4. The Morgan fingerprint density at radius 2 is 2.20 bits per heavy atom. The van der Waals surface area contributed by atoms with E-state index in [0.717, 1.165) is 11.1 Å². The molecule has 0 bridgehead atoms. The van der Waals surface area contributed by atoms with Crippen molar-refractivity contribution in [3.63, 3.8) is 0 Å². The van der Waals surface area contributed by atoms with Crippen molar-refractivity contribution < 1.29 is 4.39 Å². The van der Waals surface area contributed by atoms with E-state index in [-0.39, 0.29) is 5.02 Å². The molecule has 0 atom stereocenters. The molecule has 0 aliphatic carbocycles. The SMILES string of the molecule is Cc1ccnc2c1[nH]c(=S)n2-c1c(Cl)cc(F)cc1Br. The number of halogens is 3. The van der Waals surface area contributed by atoms with E-state index >= 15 is 0 Å². The summed E-state index contributed by atoms with van der Waals surface area (Å²) in [6.07, 6.45) is 1.70. The number of imidazole rings is 1. The summed E-state index contributed by atoms with van der Waals surface area (Å²) in [5.74, 6) is -0.416. The van der Waals surface area contributed by atoms with Crippen molar-refractivity contribution in [2.75, 3.05) is 0 Å². The first-order valence-electron chi connectivity index (χ1n) is 5.70. The molecule has 3 nitrogen and oxygen atoms in total.